The molecule has 0 aliphatic carbocycles. The Hall–Kier alpha value is -2.24. The Morgan fingerprint density at radius 3 is 2.65 bits per heavy atom. The lowest BCUT2D eigenvalue weighted by Crippen LogP contribution is -2.13. The van der Waals surface area contributed by atoms with Crippen LogP contribution >= 0.6 is 0 Å². The first kappa shape index (κ1) is 11.3. The van der Waals surface area contributed by atoms with E-state index >= 15 is 0 Å². The number of nitrogens with two attached hydrogens (primary N) is 1. The van der Waals surface area contributed by atoms with Crippen LogP contribution in [-0.2, 0) is 9.53 Å². The first-order chi connectivity index (χ1) is 8.08. The second-order valence-electron chi connectivity index (χ2n) is 3.50. The van der Waals surface area contributed by atoms with E-state index in [2.05, 4.69) is 4.74 Å². The van der Waals surface area contributed by atoms with Crippen LogP contribution in [0.3, 0.4) is 0 Å². The number of hydrogen-bond donors (Lipinski definition) is 1. The molecule has 1 aromatic carbocycles. The van der Waals surface area contributed by atoms with Crippen LogP contribution in [-0.4, -0.2) is 25.2 Å². The summed E-state index contributed by atoms with van der Waals surface area (Å²) in [5.74, 6) is 0.0746. The number of hydrogen-bond acceptors (Lipinski definition) is 6. The minimum Gasteiger partial charge on any atom is -0.457 e. The lowest BCUT2D eigenvalue weighted by molar-refractivity contribution is -0.139. The lowest BCUT2D eigenvalue weighted by Gasteiger charge is -2.06. The minimum atomic E-state index is -0.516. The smallest absolute Gasteiger partial charge is 0.303 e. The van der Waals surface area contributed by atoms with Gasteiger partial charge in [-0.2, -0.15) is 0 Å². The molecule has 2 rings (SSSR count). The summed E-state index contributed by atoms with van der Waals surface area (Å²) in [6.07, 6.45) is 0. The van der Waals surface area contributed by atoms with Gasteiger partial charge in [-0.15, -0.1) is 0 Å². The molecule has 1 aromatic rings. The number of benzene rings is 1. The maximum absolute atomic E-state index is 11.7. The normalized spacial score (nSPS) is 12.3. The van der Waals surface area contributed by atoms with Crippen molar-refractivity contribution in [1.29, 1.82) is 0 Å². The number of nitrogen functional groups attached to an aromatic ring is 1. The fraction of sp³-hybridized carbons (Fsp3) is 0.273. The topological polar surface area (TPSA) is 87.9 Å². The Bertz CT molecular complexity index is 483. The van der Waals surface area contributed by atoms with Crippen molar-refractivity contribution in [3.05, 3.63) is 17.7 Å². The molecule has 0 atom stereocenters. The Balaban J connectivity index is 2.20. The highest BCUT2D eigenvalue weighted by Crippen LogP contribution is 2.36. The van der Waals surface area contributed by atoms with Crippen molar-refractivity contribution in [2.24, 2.45) is 0 Å². The Morgan fingerprint density at radius 2 is 2.00 bits per heavy atom. The third-order valence-corrected chi connectivity index (χ3v) is 2.25. The molecule has 90 valence electrons. The van der Waals surface area contributed by atoms with Crippen molar-refractivity contribution in [2.45, 2.75) is 6.92 Å². The molecule has 1 aliphatic heterocycles. The molecule has 0 bridgehead atoms. The van der Waals surface area contributed by atoms with E-state index in [1.807, 2.05) is 0 Å². The molecule has 0 spiro atoms. The summed E-state index contributed by atoms with van der Waals surface area (Å²) < 4.78 is 14.9. The van der Waals surface area contributed by atoms with Gasteiger partial charge in [-0.3, -0.25) is 9.59 Å². The molecule has 1 heterocycles. The van der Waals surface area contributed by atoms with Crippen molar-refractivity contribution < 1.29 is 23.8 Å². The van der Waals surface area contributed by atoms with E-state index in [0.29, 0.717) is 11.5 Å². The maximum Gasteiger partial charge on any atom is 0.303 e. The SMILES string of the molecule is CC(=O)OCC(=O)c1cc2c(cc1N)OCO2. The second kappa shape index (κ2) is 4.32. The van der Waals surface area contributed by atoms with Gasteiger partial charge in [0.25, 0.3) is 0 Å². The van der Waals surface area contributed by atoms with Gasteiger partial charge in [-0.1, -0.05) is 0 Å². The molecule has 0 saturated heterocycles. The van der Waals surface area contributed by atoms with E-state index in [-0.39, 0.29) is 30.4 Å². The van der Waals surface area contributed by atoms with Gasteiger partial charge in [-0.05, 0) is 6.07 Å². The summed E-state index contributed by atoms with van der Waals surface area (Å²) in [7, 11) is 0. The number of esters is 1. The van der Waals surface area contributed by atoms with Crippen LogP contribution in [0.25, 0.3) is 0 Å². The third kappa shape index (κ3) is 2.30. The number of fused-ring (bicyclic) bond motifs is 1. The largest absolute Gasteiger partial charge is 0.457 e. The van der Waals surface area contributed by atoms with Crippen molar-refractivity contribution >= 4 is 17.4 Å². The summed E-state index contributed by atoms with van der Waals surface area (Å²) in [5.41, 5.74) is 6.23. The van der Waals surface area contributed by atoms with Crippen LogP contribution in [0.4, 0.5) is 5.69 Å². The maximum atomic E-state index is 11.7. The summed E-state index contributed by atoms with van der Waals surface area (Å²) in [6, 6.07) is 3.01. The van der Waals surface area contributed by atoms with Gasteiger partial charge in [0.15, 0.2) is 18.1 Å². The van der Waals surface area contributed by atoms with Gasteiger partial charge in [0.05, 0.1) is 0 Å². The molecule has 0 radical (unpaired) electrons. The molecule has 6 heteroatoms. The predicted molar refractivity (Wildman–Crippen MR) is 57.9 cm³/mol. The van der Waals surface area contributed by atoms with Gasteiger partial charge < -0.3 is 19.9 Å². The first-order valence-corrected chi connectivity index (χ1v) is 4.93. The highest BCUT2D eigenvalue weighted by Gasteiger charge is 2.20. The molecule has 0 amide bonds. The van der Waals surface area contributed by atoms with E-state index in [1.54, 1.807) is 0 Å². The zero-order valence-electron chi connectivity index (χ0n) is 9.19. The first-order valence-electron chi connectivity index (χ1n) is 4.93. The highest BCUT2D eigenvalue weighted by atomic mass is 16.7. The standard InChI is InChI=1S/C11H11NO5/c1-6(13)15-4-9(14)7-2-10-11(3-8(7)12)17-5-16-10/h2-3H,4-5,12H2,1H3. The van der Waals surface area contributed by atoms with Crippen LogP contribution in [0.5, 0.6) is 11.5 Å². The van der Waals surface area contributed by atoms with Crippen molar-refractivity contribution in [3.63, 3.8) is 0 Å². The fourth-order valence-corrected chi connectivity index (χ4v) is 1.44. The van der Waals surface area contributed by atoms with Gasteiger partial charge in [-0.25, -0.2) is 0 Å². The van der Waals surface area contributed by atoms with E-state index in [0.717, 1.165) is 0 Å². The van der Waals surface area contributed by atoms with E-state index < -0.39 is 5.97 Å². The zero-order valence-corrected chi connectivity index (χ0v) is 9.19. The molecule has 1 aliphatic rings. The average Bonchev–Trinajstić information content (AvgIpc) is 2.71. The molecular weight excluding hydrogens is 226 g/mol. The third-order valence-electron chi connectivity index (χ3n) is 2.25. The number of carbonyl (C=O) groups excluding carboxylic acids is 2. The van der Waals surface area contributed by atoms with Crippen LogP contribution in [0.2, 0.25) is 0 Å². The highest BCUT2D eigenvalue weighted by molar-refractivity contribution is 6.03. The van der Waals surface area contributed by atoms with E-state index in [1.165, 1.54) is 19.1 Å². The number of ketones is 1. The lowest BCUT2D eigenvalue weighted by atomic mass is 10.1. The van der Waals surface area contributed by atoms with Crippen LogP contribution in [0, 0.1) is 0 Å². The Labute approximate surface area is 97.3 Å². The van der Waals surface area contributed by atoms with Crippen LogP contribution in [0.1, 0.15) is 17.3 Å². The van der Waals surface area contributed by atoms with Crippen molar-refractivity contribution in [3.8, 4) is 11.5 Å². The summed E-state index contributed by atoms with van der Waals surface area (Å²) in [4.78, 5) is 22.3. The molecule has 0 saturated carbocycles. The molecular formula is C11H11NO5. The van der Waals surface area contributed by atoms with Crippen LogP contribution < -0.4 is 15.2 Å². The molecule has 17 heavy (non-hydrogen) atoms. The van der Waals surface area contributed by atoms with Crippen LogP contribution in [0.15, 0.2) is 12.1 Å². The predicted octanol–water partition coefficient (Wildman–Crippen LogP) is 0.743. The second-order valence-corrected chi connectivity index (χ2v) is 3.50. The number of carbonyl (C=O) groups is 2. The summed E-state index contributed by atoms with van der Waals surface area (Å²) in [6.45, 7) is 1.01. The van der Waals surface area contributed by atoms with Gasteiger partial charge in [0.1, 0.15) is 0 Å². The molecule has 0 aromatic heterocycles. The average molecular weight is 237 g/mol. The quantitative estimate of drug-likeness (QED) is 0.474. The molecule has 6 nitrogen and oxygen atoms in total. The molecule has 0 fully saturated rings. The Morgan fingerprint density at radius 1 is 1.35 bits per heavy atom. The number of ether oxygens (including phenoxy) is 3. The number of rotatable bonds is 3. The van der Waals surface area contributed by atoms with E-state index in [4.69, 9.17) is 15.2 Å². The summed E-state index contributed by atoms with van der Waals surface area (Å²) in [5, 5.41) is 0. The fourth-order valence-electron chi connectivity index (χ4n) is 1.44. The van der Waals surface area contributed by atoms with Crippen molar-refractivity contribution in [1.82, 2.24) is 0 Å². The van der Waals surface area contributed by atoms with Crippen molar-refractivity contribution in [2.75, 3.05) is 19.1 Å². The van der Waals surface area contributed by atoms with Gasteiger partial charge >= 0.3 is 5.97 Å². The summed E-state index contributed by atoms with van der Waals surface area (Å²) >= 11 is 0. The van der Waals surface area contributed by atoms with E-state index in [9.17, 15) is 9.59 Å². The number of Topliss-reactive ketones (excluding diaryl/α,β-unsaturated/α-hetero) is 1. The van der Waals surface area contributed by atoms with Gasteiger partial charge in [0, 0.05) is 24.2 Å². The minimum absolute atomic E-state index is 0.108. The Kier molecular flexibility index (Phi) is 2.86. The molecule has 0 unspecified atom stereocenters. The zero-order chi connectivity index (χ0) is 12.4. The molecule has 2 N–H and O–H groups in total. The van der Waals surface area contributed by atoms with Gasteiger partial charge in [0.2, 0.25) is 12.6 Å². The monoisotopic (exact) mass is 237 g/mol. The number of anilines is 1.